The van der Waals surface area contributed by atoms with Gasteiger partial charge in [-0.25, -0.2) is 13.4 Å². The average molecular weight is 555 g/mol. The number of rotatable bonds is 8. The zero-order valence-corrected chi connectivity index (χ0v) is 21.7. The maximum atomic E-state index is 13.0. The molecule has 0 aliphatic carbocycles. The minimum absolute atomic E-state index is 0.0943. The fourth-order valence-corrected chi connectivity index (χ4v) is 5.50. The smallest absolute Gasteiger partial charge is 0.293 e. The summed E-state index contributed by atoms with van der Waals surface area (Å²) >= 11 is 6.09. The molecule has 0 radical (unpaired) electrons. The summed E-state index contributed by atoms with van der Waals surface area (Å²) < 4.78 is 65.7. The molecule has 1 fully saturated rings. The van der Waals surface area contributed by atoms with E-state index >= 15 is 0 Å². The molecule has 2 atom stereocenters. The predicted molar refractivity (Wildman–Crippen MR) is 135 cm³/mol. The SMILES string of the molecule is CN(c1ncc(C(F)(F)F)cc1Cl)N(C[C@H]1C[C@H](c2ccccc2)N(Cc2ccccc2)O1)S(C)(=O)=O. The van der Waals surface area contributed by atoms with Gasteiger partial charge in [0.05, 0.1) is 35.5 Å². The number of hydrogen-bond donors (Lipinski definition) is 0. The highest BCUT2D eigenvalue weighted by Crippen LogP contribution is 2.37. The first-order valence-electron chi connectivity index (χ1n) is 11.4. The topological polar surface area (TPSA) is 66.0 Å². The summed E-state index contributed by atoms with van der Waals surface area (Å²) in [5, 5.41) is 2.64. The summed E-state index contributed by atoms with van der Waals surface area (Å²) in [5.41, 5.74) is 1.02. The summed E-state index contributed by atoms with van der Waals surface area (Å²) in [6, 6.07) is 20.1. The van der Waals surface area contributed by atoms with Crippen LogP contribution in [-0.2, 0) is 27.6 Å². The van der Waals surface area contributed by atoms with Gasteiger partial charge in [-0.3, -0.25) is 9.85 Å². The Kier molecular flexibility index (Phi) is 8.10. The Hall–Kier alpha value is -2.70. The van der Waals surface area contributed by atoms with E-state index in [2.05, 4.69) is 4.98 Å². The van der Waals surface area contributed by atoms with Crippen LogP contribution in [0.2, 0.25) is 5.02 Å². The zero-order valence-electron chi connectivity index (χ0n) is 20.1. The second kappa shape index (κ2) is 11.0. The van der Waals surface area contributed by atoms with Crippen LogP contribution in [0.25, 0.3) is 0 Å². The van der Waals surface area contributed by atoms with Crippen LogP contribution in [0.4, 0.5) is 19.0 Å². The Morgan fingerprint density at radius 3 is 2.30 bits per heavy atom. The highest BCUT2D eigenvalue weighted by molar-refractivity contribution is 7.88. The largest absolute Gasteiger partial charge is 0.417 e. The first kappa shape index (κ1) is 27.3. The Morgan fingerprint density at radius 1 is 1.11 bits per heavy atom. The molecule has 12 heteroatoms. The molecule has 0 N–H and O–H groups in total. The third kappa shape index (κ3) is 6.60. The lowest BCUT2D eigenvalue weighted by Gasteiger charge is -2.32. The molecule has 0 unspecified atom stereocenters. The fraction of sp³-hybridized carbons (Fsp3) is 0.320. The van der Waals surface area contributed by atoms with Crippen molar-refractivity contribution in [3.63, 3.8) is 0 Å². The standard InChI is InChI=1S/C25H26ClF3N4O3S/c1-31(24-22(26)13-20(15-30-24)25(27,28)29)33(37(2,34)35)17-21-14-23(19-11-7-4-8-12-19)32(36-21)16-18-9-5-3-6-10-18/h3-13,15,21,23H,14,16-17H2,1-2H3/t21-,23-/m1/s1. The van der Waals surface area contributed by atoms with Gasteiger partial charge in [0, 0.05) is 19.8 Å². The van der Waals surface area contributed by atoms with Gasteiger partial charge in [0.2, 0.25) is 10.0 Å². The number of alkyl halides is 3. The molecule has 198 valence electrons. The average Bonchev–Trinajstić information content (AvgIpc) is 3.24. The summed E-state index contributed by atoms with van der Waals surface area (Å²) in [6.45, 7) is 0.390. The van der Waals surface area contributed by atoms with Gasteiger partial charge >= 0.3 is 6.18 Å². The van der Waals surface area contributed by atoms with E-state index in [0.717, 1.165) is 32.9 Å². The van der Waals surface area contributed by atoms with Crippen LogP contribution in [0.5, 0.6) is 0 Å². The van der Waals surface area contributed by atoms with Crippen molar-refractivity contribution in [1.29, 1.82) is 0 Å². The summed E-state index contributed by atoms with van der Waals surface area (Å²) in [6.07, 6.45) is -3.05. The first-order valence-corrected chi connectivity index (χ1v) is 13.6. The molecule has 2 aromatic carbocycles. The molecule has 0 spiro atoms. The molecule has 0 saturated carbocycles. The van der Waals surface area contributed by atoms with Crippen LogP contribution in [0, 0.1) is 0 Å². The van der Waals surface area contributed by atoms with Crippen molar-refractivity contribution in [2.24, 2.45) is 0 Å². The van der Waals surface area contributed by atoms with Crippen molar-refractivity contribution >= 4 is 27.4 Å². The van der Waals surface area contributed by atoms with Gasteiger partial charge in [0.1, 0.15) is 0 Å². The Labute approximate surface area is 219 Å². The van der Waals surface area contributed by atoms with E-state index in [4.69, 9.17) is 16.4 Å². The molecule has 1 saturated heterocycles. The lowest BCUT2D eigenvalue weighted by Crippen LogP contribution is -2.48. The second-order valence-electron chi connectivity index (χ2n) is 8.77. The van der Waals surface area contributed by atoms with E-state index in [1.165, 1.54) is 7.05 Å². The molecular formula is C25H26ClF3N4O3S. The number of anilines is 1. The molecule has 1 aliphatic heterocycles. The lowest BCUT2D eigenvalue weighted by atomic mass is 10.0. The van der Waals surface area contributed by atoms with E-state index in [1.54, 1.807) is 0 Å². The maximum absolute atomic E-state index is 13.0. The molecule has 0 amide bonds. The number of hydrazine groups is 1. The predicted octanol–water partition coefficient (Wildman–Crippen LogP) is 5.31. The Morgan fingerprint density at radius 2 is 1.73 bits per heavy atom. The molecule has 0 bridgehead atoms. The van der Waals surface area contributed by atoms with E-state index in [-0.39, 0.29) is 23.4 Å². The summed E-state index contributed by atoms with van der Waals surface area (Å²) in [4.78, 5) is 10.0. The second-order valence-corrected chi connectivity index (χ2v) is 11.1. The minimum Gasteiger partial charge on any atom is -0.293 e. The van der Waals surface area contributed by atoms with E-state index < -0.39 is 27.9 Å². The molecule has 37 heavy (non-hydrogen) atoms. The summed E-state index contributed by atoms with van der Waals surface area (Å²) in [7, 11) is -2.49. The third-order valence-corrected chi connectivity index (χ3v) is 7.45. The van der Waals surface area contributed by atoms with Crippen molar-refractivity contribution in [3.05, 3.63) is 94.6 Å². The minimum atomic E-state index is -4.63. The van der Waals surface area contributed by atoms with Crippen LogP contribution >= 0.6 is 11.6 Å². The van der Waals surface area contributed by atoms with E-state index in [9.17, 15) is 21.6 Å². The molecule has 1 aliphatic rings. The molecule has 1 aromatic heterocycles. The number of sulfonamides is 1. The van der Waals surface area contributed by atoms with Crippen LogP contribution in [0.3, 0.4) is 0 Å². The molecule has 3 aromatic rings. The number of pyridine rings is 1. The van der Waals surface area contributed by atoms with Crippen LogP contribution in [0.15, 0.2) is 72.9 Å². The lowest BCUT2D eigenvalue weighted by molar-refractivity contribution is -0.172. The van der Waals surface area contributed by atoms with Gasteiger partial charge in [-0.15, -0.1) is 4.41 Å². The van der Waals surface area contributed by atoms with Gasteiger partial charge in [-0.1, -0.05) is 72.3 Å². The van der Waals surface area contributed by atoms with Crippen molar-refractivity contribution in [3.8, 4) is 0 Å². The molecular weight excluding hydrogens is 529 g/mol. The van der Waals surface area contributed by atoms with E-state index in [0.29, 0.717) is 19.2 Å². The van der Waals surface area contributed by atoms with Gasteiger partial charge in [-0.2, -0.15) is 18.2 Å². The van der Waals surface area contributed by atoms with Crippen molar-refractivity contribution in [2.45, 2.75) is 31.3 Å². The van der Waals surface area contributed by atoms with Crippen LogP contribution in [0.1, 0.15) is 29.2 Å². The quantitative estimate of drug-likeness (QED) is 0.351. The van der Waals surface area contributed by atoms with Gasteiger partial charge in [0.15, 0.2) is 5.82 Å². The highest BCUT2D eigenvalue weighted by Gasteiger charge is 2.39. The third-order valence-electron chi connectivity index (χ3n) is 6.02. The number of hydrogen-bond acceptors (Lipinski definition) is 6. The monoisotopic (exact) mass is 554 g/mol. The van der Waals surface area contributed by atoms with Crippen molar-refractivity contribution < 1.29 is 26.4 Å². The van der Waals surface area contributed by atoms with Crippen LogP contribution in [-0.4, -0.2) is 48.8 Å². The number of halogens is 4. The van der Waals surface area contributed by atoms with Crippen LogP contribution < -0.4 is 5.01 Å². The highest BCUT2D eigenvalue weighted by atomic mass is 35.5. The van der Waals surface area contributed by atoms with Gasteiger partial charge in [-0.05, 0) is 23.6 Å². The van der Waals surface area contributed by atoms with Crippen molar-refractivity contribution in [2.75, 3.05) is 24.9 Å². The zero-order chi connectivity index (χ0) is 26.8. The van der Waals surface area contributed by atoms with E-state index in [1.807, 2.05) is 65.7 Å². The number of nitrogens with zero attached hydrogens (tertiary/aromatic N) is 4. The number of hydroxylamine groups is 2. The van der Waals surface area contributed by atoms with Gasteiger partial charge in [0.25, 0.3) is 0 Å². The molecule has 7 nitrogen and oxygen atoms in total. The maximum Gasteiger partial charge on any atom is 0.417 e. The Bertz CT molecular complexity index is 1310. The summed E-state index contributed by atoms with van der Waals surface area (Å²) in [5.74, 6) is -0.126. The fourth-order valence-electron chi connectivity index (χ4n) is 4.25. The first-order chi connectivity index (χ1) is 17.4. The molecule has 4 rings (SSSR count). The molecule has 2 heterocycles. The number of benzene rings is 2. The van der Waals surface area contributed by atoms with Crippen molar-refractivity contribution in [1.82, 2.24) is 14.5 Å². The normalized spacial score (nSPS) is 18.9. The van der Waals surface area contributed by atoms with Gasteiger partial charge < -0.3 is 0 Å². The Balaban J connectivity index is 1.59. The number of aromatic nitrogens is 1.